The minimum absolute atomic E-state index is 0.222. The van der Waals surface area contributed by atoms with Gasteiger partial charge in [-0.15, -0.1) is 0 Å². The van der Waals surface area contributed by atoms with Crippen molar-refractivity contribution in [3.63, 3.8) is 0 Å². The number of fused-ring (bicyclic) bond motifs is 1. The number of hydrogen-bond donors (Lipinski definition) is 0. The lowest BCUT2D eigenvalue weighted by molar-refractivity contribution is -0.136. The maximum absolute atomic E-state index is 12.6. The molecule has 0 N–H and O–H groups in total. The molecule has 0 aliphatic carbocycles. The van der Waals surface area contributed by atoms with E-state index in [0.717, 1.165) is 6.20 Å². The van der Waals surface area contributed by atoms with Gasteiger partial charge in [0, 0.05) is 28.6 Å². The maximum Gasteiger partial charge on any atom is 0.418 e. The molecule has 2 rings (SSSR count). The maximum atomic E-state index is 12.6. The van der Waals surface area contributed by atoms with Crippen molar-refractivity contribution in [1.82, 2.24) is 4.57 Å². The number of aryl methyl sites for hydroxylation is 1. The van der Waals surface area contributed by atoms with Gasteiger partial charge < -0.3 is 4.57 Å². The van der Waals surface area contributed by atoms with Crippen LogP contribution in [-0.2, 0) is 13.2 Å². The predicted molar refractivity (Wildman–Crippen MR) is 55.6 cm³/mol. The Morgan fingerprint density at radius 3 is 2.53 bits per heavy atom. The van der Waals surface area contributed by atoms with E-state index in [4.69, 9.17) is 0 Å². The summed E-state index contributed by atoms with van der Waals surface area (Å²) in [6.45, 7) is 0. The normalized spacial score (nSPS) is 12.3. The van der Waals surface area contributed by atoms with Gasteiger partial charge in [0.1, 0.15) is 0 Å². The average Bonchev–Trinajstić information content (AvgIpc) is 2.42. The Bertz CT molecular complexity index is 513. The van der Waals surface area contributed by atoms with Gasteiger partial charge in [0.15, 0.2) is 0 Å². The van der Waals surface area contributed by atoms with Gasteiger partial charge in [0.05, 0.1) is 5.56 Å². The monoisotopic (exact) mass is 277 g/mol. The smallest absolute Gasteiger partial charge is 0.350 e. The van der Waals surface area contributed by atoms with Gasteiger partial charge in [-0.1, -0.05) is 15.9 Å². The molecule has 0 radical (unpaired) electrons. The zero-order chi connectivity index (χ0) is 11.2. The molecule has 0 spiro atoms. The number of benzene rings is 1. The van der Waals surface area contributed by atoms with Crippen molar-refractivity contribution < 1.29 is 13.2 Å². The van der Waals surface area contributed by atoms with E-state index in [1.54, 1.807) is 19.2 Å². The van der Waals surface area contributed by atoms with Crippen LogP contribution in [0.3, 0.4) is 0 Å². The van der Waals surface area contributed by atoms with Crippen molar-refractivity contribution in [2.75, 3.05) is 0 Å². The molecule has 0 bridgehead atoms. The van der Waals surface area contributed by atoms with Gasteiger partial charge in [0.2, 0.25) is 0 Å². The summed E-state index contributed by atoms with van der Waals surface area (Å²) in [6.07, 6.45) is -3.20. The van der Waals surface area contributed by atoms with Crippen molar-refractivity contribution in [2.45, 2.75) is 6.18 Å². The SMILES string of the molecule is Cn1cc(C(F)(F)F)c2cc(Br)ccc21. The summed E-state index contributed by atoms with van der Waals surface area (Å²) in [6, 6.07) is 4.87. The summed E-state index contributed by atoms with van der Waals surface area (Å²) in [5.74, 6) is 0. The second-order valence-electron chi connectivity index (χ2n) is 3.31. The van der Waals surface area contributed by atoms with Crippen molar-refractivity contribution in [3.05, 3.63) is 34.4 Å². The highest BCUT2D eigenvalue weighted by molar-refractivity contribution is 9.10. The Morgan fingerprint density at radius 2 is 1.93 bits per heavy atom. The summed E-state index contributed by atoms with van der Waals surface area (Å²) in [5, 5.41) is 0.222. The van der Waals surface area contributed by atoms with Crippen LogP contribution in [0.25, 0.3) is 10.9 Å². The number of alkyl halides is 3. The molecule has 1 aromatic heterocycles. The Hall–Kier alpha value is -0.970. The summed E-state index contributed by atoms with van der Waals surface area (Å²) < 4.78 is 40.0. The van der Waals surface area contributed by atoms with Gasteiger partial charge >= 0.3 is 6.18 Å². The lowest BCUT2D eigenvalue weighted by Crippen LogP contribution is -2.03. The van der Waals surface area contributed by atoms with Gasteiger partial charge in [-0.2, -0.15) is 13.2 Å². The fourth-order valence-electron chi connectivity index (χ4n) is 1.59. The molecule has 2 aromatic rings. The molecule has 0 amide bonds. The highest BCUT2D eigenvalue weighted by Crippen LogP contribution is 2.36. The van der Waals surface area contributed by atoms with E-state index in [0.29, 0.717) is 9.99 Å². The number of rotatable bonds is 0. The van der Waals surface area contributed by atoms with Crippen LogP contribution >= 0.6 is 15.9 Å². The number of aromatic nitrogens is 1. The summed E-state index contributed by atoms with van der Waals surface area (Å²) >= 11 is 3.17. The summed E-state index contributed by atoms with van der Waals surface area (Å²) in [5.41, 5.74) is -0.0215. The Labute approximate surface area is 92.6 Å². The minimum Gasteiger partial charge on any atom is -0.350 e. The third-order valence-electron chi connectivity index (χ3n) is 2.26. The highest BCUT2D eigenvalue weighted by atomic mass is 79.9. The fourth-order valence-corrected chi connectivity index (χ4v) is 1.95. The van der Waals surface area contributed by atoms with Crippen LogP contribution in [-0.4, -0.2) is 4.57 Å². The van der Waals surface area contributed by atoms with Crippen LogP contribution in [0.15, 0.2) is 28.9 Å². The van der Waals surface area contributed by atoms with Gasteiger partial charge in [-0.3, -0.25) is 0 Å². The first kappa shape index (κ1) is 10.5. The zero-order valence-electron chi connectivity index (χ0n) is 7.77. The van der Waals surface area contributed by atoms with Crippen molar-refractivity contribution in [1.29, 1.82) is 0 Å². The molecule has 0 saturated carbocycles. The molecule has 0 aliphatic rings. The molecule has 0 unspecified atom stereocenters. The predicted octanol–water partition coefficient (Wildman–Crippen LogP) is 3.96. The van der Waals surface area contributed by atoms with Crippen LogP contribution in [0.1, 0.15) is 5.56 Å². The Morgan fingerprint density at radius 1 is 1.27 bits per heavy atom. The van der Waals surface area contributed by atoms with E-state index in [2.05, 4.69) is 15.9 Å². The molecule has 1 aromatic carbocycles. The fraction of sp³-hybridized carbons (Fsp3) is 0.200. The molecular formula is C10H7BrF3N. The van der Waals surface area contributed by atoms with Crippen LogP contribution in [0.2, 0.25) is 0 Å². The summed E-state index contributed by atoms with van der Waals surface area (Å²) in [4.78, 5) is 0. The highest BCUT2D eigenvalue weighted by Gasteiger charge is 2.34. The Kier molecular flexibility index (Phi) is 2.30. The lowest BCUT2D eigenvalue weighted by Gasteiger charge is -2.03. The Balaban J connectivity index is 2.81. The molecule has 0 saturated heterocycles. The molecule has 80 valence electrons. The van der Waals surface area contributed by atoms with Crippen molar-refractivity contribution in [3.8, 4) is 0 Å². The van der Waals surface area contributed by atoms with Gasteiger partial charge in [-0.25, -0.2) is 0 Å². The molecule has 0 aliphatic heterocycles. The number of hydrogen-bond acceptors (Lipinski definition) is 0. The largest absolute Gasteiger partial charge is 0.418 e. The topological polar surface area (TPSA) is 4.93 Å². The summed E-state index contributed by atoms with van der Waals surface area (Å²) in [7, 11) is 1.60. The number of nitrogens with zero attached hydrogens (tertiary/aromatic N) is 1. The van der Waals surface area contributed by atoms with Crippen LogP contribution in [0.5, 0.6) is 0 Å². The average molecular weight is 278 g/mol. The first-order chi connectivity index (χ1) is 6.89. The molecule has 0 atom stereocenters. The van der Waals surface area contributed by atoms with Crippen molar-refractivity contribution in [2.24, 2.45) is 7.05 Å². The molecule has 15 heavy (non-hydrogen) atoms. The van der Waals surface area contributed by atoms with Gasteiger partial charge in [-0.05, 0) is 18.2 Å². The number of halogens is 4. The van der Waals surface area contributed by atoms with E-state index < -0.39 is 11.7 Å². The standard InChI is InChI=1S/C10H7BrF3N/c1-15-5-8(10(12,13)14)7-4-6(11)2-3-9(7)15/h2-5H,1H3. The van der Waals surface area contributed by atoms with Crippen molar-refractivity contribution >= 4 is 26.8 Å². The van der Waals surface area contributed by atoms with E-state index in [-0.39, 0.29) is 5.39 Å². The van der Waals surface area contributed by atoms with Crippen LogP contribution < -0.4 is 0 Å². The minimum atomic E-state index is -4.31. The third kappa shape index (κ3) is 1.76. The second kappa shape index (κ2) is 3.27. The molecular weight excluding hydrogens is 271 g/mol. The van der Waals surface area contributed by atoms with Crippen LogP contribution in [0, 0.1) is 0 Å². The third-order valence-corrected chi connectivity index (χ3v) is 2.75. The van der Waals surface area contributed by atoms with E-state index in [9.17, 15) is 13.2 Å². The first-order valence-corrected chi connectivity index (χ1v) is 5.00. The van der Waals surface area contributed by atoms with Gasteiger partial charge in [0.25, 0.3) is 0 Å². The van der Waals surface area contributed by atoms with E-state index in [1.165, 1.54) is 10.6 Å². The molecule has 0 fully saturated rings. The van der Waals surface area contributed by atoms with E-state index in [1.807, 2.05) is 0 Å². The van der Waals surface area contributed by atoms with E-state index >= 15 is 0 Å². The molecule has 5 heteroatoms. The molecule has 1 nitrogen and oxygen atoms in total. The quantitative estimate of drug-likeness (QED) is 0.687. The second-order valence-corrected chi connectivity index (χ2v) is 4.23. The van der Waals surface area contributed by atoms with Crippen LogP contribution in [0.4, 0.5) is 13.2 Å². The lowest BCUT2D eigenvalue weighted by atomic mass is 10.2. The zero-order valence-corrected chi connectivity index (χ0v) is 9.35. The first-order valence-electron chi connectivity index (χ1n) is 4.21. The molecule has 1 heterocycles.